The van der Waals surface area contributed by atoms with Crippen LogP contribution in [0.1, 0.15) is 36.2 Å². The van der Waals surface area contributed by atoms with E-state index in [0.29, 0.717) is 0 Å². The van der Waals surface area contributed by atoms with Gasteiger partial charge in [-0.15, -0.1) is 0 Å². The highest BCUT2D eigenvalue weighted by Gasteiger charge is 2.24. The second-order valence-corrected chi connectivity index (χ2v) is 5.17. The minimum absolute atomic E-state index is 0.102. The van der Waals surface area contributed by atoms with Crippen LogP contribution < -0.4 is 16.0 Å². The van der Waals surface area contributed by atoms with E-state index in [-0.39, 0.29) is 6.04 Å². The Balaban J connectivity index is 2.48. The van der Waals surface area contributed by atoms with Gasteiger partial charge in [-0.25, -0.2) is 5.43 Å². The lowest BCUT2D eigenvalue weighted by Crippen LogP contribution is -2.31. The van der Waals surface area contributed by atoms with Crippen molar-refractivity contribution in [2.24, 2.45) is 5.84 Å². The number of aryl methyl sites for hydroxylation is 2. The molecule has 5 nitrogen and oxygen atoms in total. The first-order valence-electron chi connectivity index (χ1n) is 6.31. The van der Waals surface area contributed by atoms with Crippen LogP contribution in [-0.4, -0.2) is 16.9 Å². The number of thiophene rings is 1. The minimum atomic E-state index is -0.102. The van der Waals surface area contributed by atoms with Crippen molar-refractivity contribution in [2.45, 2.75) is 32.9 Å². The number of hydrogen-bond acceptors (Lipinski definition) is 5. The van der Waals surface area contributed by atoms with Gasteiger partial charge in [-0.2, -0.15) is 16.4 Å². The van der Waals surface area contributed by atoms with Gasteiger partial charge in [0.2, 0.25) is 0 Å². The van der Waals surface area contributed by atoms with Crippen molar-refractivity contribution in [3.63, 3.8) is 0 Å². The van der Waals surface area contributed by atoms with Gasteiger partial charge in [0, 0.05) is 6.54 Å². The van der Waals surface area contributed by atoms with Crippen LogP contribution in [-0.2, 0) is 6.54 Å². The molecule has 0 radical (unpaired) electrons. The van der Waals surface area contributed by atoms with E-state index in [9.17, 15) is 0 Å². The third-order valence-corrected chi connectivity index (χ3v) is 4.03. The summed E-state index contributed by atoms with van der Waals surface area (Å²) < 4.78 is 7.38. The van der Waals surface area contributed by atoms with Gasteiger partial charge in [-0.3, -0.25) is 10.5 Å². The summed E-state index contributed by atoms with van der Waals surface area (Å²) in [5, 5.41) is 8.62. The zero-order chi connectivity index (χ0) is 13.8. The number of ether oxygens (including phenoxy) is 1. The van der Waals surface area contributed by atoms with E-state index in [1.807, 2.05) is 4.68 Å². The highest BCUT2D eigenvalue weighted by molar-refractivity contribution is 7.08. The van der Waals surface area contributed by atoms with Crippen LogP contribution in [0.5, 0.6) is 5.75 Å². The molecule has 0 bridgehead atoms. The zero-order valence-electron chi connectivity index (χ0n) is 11.5. The molecular formula is C13H20N4OS. The molecule has 0 aliphatic rings. The van der Waals surface area contributed by atoms with Crippen molar-refractivity contribution in [1.29, 1.82) is 0 Å². The van der Waals surface area contributed by atoms with Crippen LogP contribution in [0.4, 0.5) is 0 Å². The fourth-order valence-corrected chi connectivity index (χ4v) is 3.08. The third kappa shape index (κ3) is 2.65. The molecule has 0 aromatic carbocycles. The smallest absolute Gasteiger partial charge is 0.161 e. The number of nitrogens with one attached hydrogen (secondary N) is 1. The number of hydrazine groups is 1. The predicted molar refractivity (Wildman–Crippen MR) is 77.3 cm³/mol. The maximum absolute atomic E-state index is 5.77. The first-order chi connectivity index (χ1) is 9.22. The van der Waals surface area contributed by atoms with Crippen molar-refractivity contribution >= 4 is 11.3 Å². The first kappa shape index (κ1) is 14.0. The molecule has 2 aromatic rings. The second-order valence-electron chi connectivity index (χ2n) is 4.43. The molecule has 0 spiro atoms. The van der Waals surface area contributed by atoms with Crippen LogP contribution in [0.2, 0.25) is 0 Å². The number of nitrogens with zero attached hydrogens (tertiary/aromatic N) is 2. The summed E-state index contributed by atoms with van der Waals surface area (Å²) in [5.41, 5.74) is 6.26. The normalized spacial score (nSPS) is 12.6. The van der Waals surface area contributed by atoms with Gasteiger partial charge in [0.15, 0.2) is 5.75 Å². The Morgan fingerprint density at radius 1 is 1.53 bits per heavy atom. The summed E-state index contributed by atoms with van der Waals surface area (Å²) in [6.45, 7) is 5.06. The zero-order valence-corrected chi connectivity index (χ0v) is 12.3. The van der Waals surface area contributed by atoms with Crippen LogP contribution in [0, 0.1) is 6.92 Å². The summed E-state index contributed by atoms with van der Waals surface area (Å²) in [5.74, 6) is 6.54. The Bertz CT molecular complexity index is 534. The molecule has 1 atom stereocenters. The molecule has 2 heterocycles. The highest BCUT2D eigenvalue weighted by atomic mass is 32.1. The van der Waals surface area contributed by atoms with Crippen molar-refractivity contribution in [3.8, 4) is 5.75 Å². The van der Waals surface area contributed by atoms with E-state index in [1.165, 1.54) is 11.1 Å². The maximum atomic E-state index is 5.77. The number of aromatic nitrogens is 2. The predicted octanol–water partition coefficient (Wildman–Crippen LogP) is 2.22. The number of nitrogens with two attached hydrogens (primary N) is 1. The Labute approximate surface area is 117 Å². The summed E-state index contributed by atoms with van der Waals surface area (Å²) in [4.78, 5) is 0. The molecule has 0 aliphatic carbocycles. The molecule has 104 valence electrons. The first-order valence-corrected chi connectivity index (χ1v) is 7.25. The van der Waals surface area contributed by atoms with E-state index in [1.54, 1.807) is 24.6 Å². The van der Waals surface area contributed by atoms with Gasteiger partial charge in [-0.1, -0.05) is 6.92 Å². The van der Waals surface area contributed by atoms with Crippen LogP contribution in [0.25, 0.3) is 0 Å². The molecule has 0 fully saturated rings. The van der Waals surface area contributed by atoms with E-state index in [2.05, 4.69) is 35.1 Å². The van der Waals surface area contributed by atoms with Crippen molar-refractivity contribution < 1.29 is 4.74 Å². The Morgan fingerprint density at radius 2 is 2.32 bits per heavy atom. The monoisotopic (exact) mass is 280 g/mol. The third-order valence-electron chi connectivity index (χ3n) is 3.15. The standard InChI is InChI=1S/C13H20N4OS/c1-4-5-17-13(11(18-3)6-15-17)12(16-14)10-8-19-7-9(10)2/h6-8,12,16H,4-5,14H2,1-3H3. The largest absolute Gasteiger partial charge is 0.493 e. The van der Waals surface area contributed by atoms with E-state index in [4.69, 9.17) is 10.6 Å². The Kier molecular flexibility index (Phi) is 4.57. The molecule has 19 heavy (non-hydrogen) atoms. The van der Waals surface area contributed by atoms with Gasteiger partial charge in [0.05, 0.1) is 19.3 Å². The molecule has 0 saturated carbocycles. The van der Waals surface area contributed by atoms with Gasteiger partial charge < -0.3 is 4.74 Å². The molecule has 2 rings (SSSR count). The molecule has 0 aliphatic heterocycles. The minimum Gasteiger partial charge on any atom is -0.493 e. The maximum Gasteiger partial charge on any atom is 0.161 e. The van der Waals surface area contributed by atoms with Gasteiger partial charge in [-0.05, 0) is 35.2 Å². The SMILES string of the molecule is CCCn1ncc(OC)c1C(NN)c1cscc1C. The number of hydrogen-bond donors (Lipinski definition) is 2. The Hall–Kier alpha value is -1.37. The average Bonchev–Trinajstić information content (AvgIpc) is 3.00. The summed E-state index contributed by atoms with van der Waals surface area (Å²) >= 11 is 1.67. The van der Waals surface area contributed by atoms with Crippen LogP contribution >= 0.6 is 11.3 Å². The van der Waals surface area contributed by atoms with Gasteiger partial charge >= 0.3 is 0 Å². The molecule has 2 aromatic heterocycles. The Morgan fingerprint density at radius 3 is 2.84 bits per heavy atom. The topological polar surface area (TPSA) is 65.1 Å². The molecule has 3 N–H and O–H groups in total. The quantitative estimate of drug-likeness (QED) is 0.629. The van der Waals surface area contributed by atoms with E-state index in [0.717, 1.165) is 24.4 Å². The van der Waals surface area contributed by atoms with E-state index >= 15 is 0 Å². The molecule has 0 amide bonds. The van der Waals surface area contributed by atoms with Crippen LogP contribution in [0.3, 0.4) is 0 Å². The second kappa shape index (κ2) is 6.18. The van der Waals surface area contributed by atoms with Crippen LogP contribution in [0.15, 0.2) is 17.0 Å². The van der Waals surface area contributed by atoms with Crippen molar-refractivity contribution in [1.82, 2.24) is 15.2 Å². The van der Waals surface area contributed by atoms with Crippen molar-refractivity contribution in [2.75, 3.05) is 7.11 Å². The average molecular weight is 280 g/mol. The fraction of sp³-hybridized carbons (Fsp3) is 0.462. The summed E-state index contributed by atoms with van der Waals surface area (Å²) in [6, 6.07) is -0.102. The molecule has 0 saturated heterocycles. The molecule has 6 heteroatoms. The lowest BCUT2D eigenvalue weighted by atomic mass is 10.0. The summed E-state index contributed by atoms with van der Waals surface area (Å²) in [6.07, 6.45) is 2.76. The lowest BCUT2D eigenvalue weighted by Gasteiger charge is -2.19. The lowest BCUT2D eigenvalue weighted by molar-refractivity contribution is 0.398. The molecular weight excluding hydrogens is 260 g/mol. The molecule has 1 unspecified atom stereocenters. The van der Waals surface area contributed by atoms with Gasteiger partial charge in [0.1, 0.15) is 5.69 Å². The highest BCUT2D eigenvalue weighted by Crippen LogP contribution is 2.32. The summed E-state index contributed by atoms with van der Waals surface area (Å²) in [7, 11) is 1.66. The number of rotatable bonds is 6. The van der Waals surface area contributed by atoms with E-state index < -0.39 is 0 Å². The number of methoxy groups -OCH3 is 1. The van der Waals surface area contributed by atoms with Crippen molar-refractivity contribution in [3.05, 3.63) is 33.8 Å². The fourth-order valence-electron chi connectivity index (χ4n) is 2.20. The van der Waals surface area contributed by atoms with Gasteiger partial charge in [0.25, 0.3) is 0 Å².